The van der Waals surface area contributed by atoms with Crippen molar-refractivity contribution in [2.24, 2.45) is 10.9 Å². The first-order valence-corrected chi connectivity index (χ1v) is 8.49. The van der Waals surface area contributed by atoms with Gasteiger partial charge in [0.2, 0.25) is 0 Å². The maximum Gasteiger partial charge on any atom is 0.123 e. The molecule has 0 radical (unpaired) electrons. The van der Waals surface area contributed by atoms with Crippen LogP contribution in [-0.2, 0) is 12.0 Å². The molecule has 0 bridgehead atoms. The van der Waals surface area contributed by atoms with Crippen LogP contribution >= 0.6 is 0 Å². The van der Waals surface area contributed by atoms with Crippen molar-refractivity contribution in [2.75, 3.05) is 7.05 Å². The van der Waals surface area contributed by atoms with E-state index in [0.717, 1.165) is 23.2 Å². The van der Waals surface area contributed by atoms with E-state index in [1.807, 2.05) is 26.4 Å². The van der Waals surface area contributed by atoms with Crippen molar-refractivity contribution in [1.82, 2.24) is 4.90 Å². The van der Waals surface area contributed by atoms with Crippen LogP contribution in [-0.4, -0.2) is 18.3 Å². The van der Waals surface area contributed by atoms with Gasteiger partial charge in [0.15, 0.2) is 0 Å². The fourth-order valence-electron chi connectivity index (χ4n) is 3.65. The molecule has 0 amide bonds. The van der Waals surface area contributed by atoms with E-state index in [1.54, 1.807) is 12.1 Å². The Kier molecular flexibility index (Phi) is 4.20. The number of hydrogen-bond donors (Lipinski definition) is 0. The fraction of sp³-hybridized carbons (Fsp3) is 0.381. The minimum atomic E-state index is -0.359. The quantitative estimate of drug-likeness (QED) is 0.757. The van der Waals surface area contributed by atoms with Gasteiger partial charge in [-0.1, -0.05) is 32.0 Å². The van der Waals surface area contributed by atoms with Gasteiger partial charge < -0.3 is 4.90 Å². The third-order valence-electron chi connectivity index (χ3n) is 5.02. The molecule has 1 unspecified atom stereocenters. The molecular formula is C21H25FN2. The molecule has 1 atom stereocenters. The molecule has 0 spiro atoms. The molecule has 0 saturated heterocycles. The molecule has 1 heterocycles. The van der Waals surface area contributed by atoms with Crippen LogP contribution in [0.4, 0.5) is 10.1 Å². The van der Waals surface area contributed by atoms with Gasteiger partial charge in [0.25, 0.3) is 0 Å². The monoisotopic (exact) mass is 324 g/mol. The second-order valence-electron chi connectivity index (χ2n) is 7.34. The van der Waals surface area contributed by atoms with E-state index in [-0.39, 0.29) is 11.4 Å². The molecular weight excluding hydrogens is 299 g/mol. The number of rotatable bonds is 3. The standard InChI is InChI=1S/C21H25FN2/c1-14(2)10-16-6-9-20-19(12-16)21(4,24(5)13-23-20)18-8-7-17(22)11-15(18)3/h6-9,11-14H,10H2,1-5H3. The topological polar surface area (TPSA) is 15.6 Å². The van der Waals surface area contributed by atoms with Crippen molar-refractivity contribution in [3.05, 3.63) is 64.5 Å². The summed E-state index contributed by atoms with van der Waals surface area (Å²) >= 11 is 0. The Hall–Kier alpha value is -2.16. The average molecular weight is 324 g/mol. The van der Waals surface area contributed by atoms with Gasteiger partial charge in [-0.05, 0) is 61.1 Å². The Morgan fingerprint density at radius 1 is 1.12 bits per heavy atom. The highest BCUT2D eigenvalue weighted by molar-refractivity contribution is 5.72. The van der Waals surface area contributed by atoms with Crippen LogP contribution in [0.2, 0.25) is 0 Å². The van der Waals surface area contributed by atoms with E-state index in [0.29, 0.717) is 5.92 Å². The van der Waals surface area contributed by atoms with Crippen LogP contribution in [0.1, 0.15) is 43.0 Å². The normalized spacial score (nSPS) is 19.7. The maximum absolute atomic E-state index is 13.6. The lowest BCUT2D eigenvalue weighted by Gasteiger charge is -2.43. The summed E-state index contributed by atoms with van der Waals surface area (Å²) in [6.45, 7) is 8.62. The van der Waals surface area contributed by atoms with Crippen molar-refractivity contribution >= 4 is 12.0 Å². The lowest BCUT2D eigenvalue weighted by molar-refractivity contribution is 0.290. The minimum absolute atomic E-state index is 0.194. The number of fused-ring (bicyclic) bond motifs is 1. The number of hydrogen-bond acceptors (Lipinski definition) is 2. The Labute approximate surface area is 144 Å². The van der Waals surface area contributed by atoms with E-state index in [4.69, 9.17) is 0 Å². The Balaban J connectivity index is 2.19. The molecule has 126 valence electrons. The van der Waals surface area contributed by atoms with Crippen molar-refractivity contribution < 1.29 is 4.39 Å². The summed E-state index contributed by atoms with van der Waals surface area (Å²) in [7, 11) is 2.03. The molecule has 2 aromatic rings. The summed E-state index contributed by atoms with van der Waals surface area (Å²) in [5.41, 5.74) is 5.20. The van der Waals surface area contributed by atoms with E-state index in [9.17, 15) is 4.39 Å². The first kappa shape index (κ1) is 16.7. The summed E-state index contributed by atoms with van der Waals surface area (Å²) in [6.07, 6.45) is 2.91. The second-order valence-corrected chi connectivity index (χ2v) is 7.34. The molecule has 0 aliphatic carbocycles. The van der Waals surface area contributed by atoms with Gasteiger partial charge in [-0.15, -0.1) is 0 Å². The molecule has 2 nitrogen and oxygen atoms in total. The predicted molar refractivity (Wildman–Crippen MR) is 98.5 cm³/mol. The molecule has 1 aliphatic rings. The Bertz CT molecular complexity index is 794. The van der Waals surface area contributed by atoms with Crippen molar-refractivity contribution in [3.63, 3.8) is 0 Å². The van der Waals surface area contributed by atoms with Crippen LogP contribution in [0, 0.1) is 18.7 Å². The van der Waals surface area contributed by atoms with Crippen molar-refractivity contribution in [3.8, 4) is 0 Å². The van der Waals surface area contributed by atoms with Crippen LogP contribution in [0.5, 0.6) is 0 Å². The molecule has 3 rings (SSSR count). The summed E-state index contributed by atoms with van der Waals surface area (Å²) in [5, 5.41) is 0. The van der Waals surface area contributed by atoms with Gasteiger partial charge in [-0.3, -0.25) is 0 Å². The third-order valence-corrected chi connectivity index (χ3v) is 5.02. The lowest BCUT2D eigenvalue weighted by atomic mass is 9.78. The zero-order valence-corrected chi connectivity index (χ0v) is 15.1. The predicted octanol–water partition coefficient (Wildman–Crippen LogP) is 5.20. The summed E-state index contributed by atoms with van der Waals surface area (Å²) in [6, 6.07) is 11.6. The number of benzene rings is 2. The lowest BCUT2D eigenvalue weighted by Crippen LogP contribution is -2.43. The van der Waals surface area contributed by atoms with Gasteiger partial charge in [-0.2, -0.15) is 0 Å². The molecule has 2 aromatic carbocycles. The first-order valence-electron chi connectivity index (χ1n) is 8.49. The smallest absolute Gasteiger partial charge is 0.123 e. The van der Waals surface area contributed by atoms with Crippen LogP contribution in [0.15, 0.2) is 41.4 Å². The highest BCUT2D eigenvalue weighted by atomic mass is 19.1. The largest absolute Gasteiger partial charge is 0.352 e. The van der Waals surface area contributed by atoms with Gasteiger partial charge in [0, 0.05) is 12.6 Å². The molecule has 0 fully saturated rings. The Morgan fingerprint density at radius 3 is 2.54 bits per heavy atom. The molecule has 24 heavy (non-hydrogen) atoms. The van der Waals surface area contributed by atoms with Crippen LogP contribution in [0.3, 0.4) is 0 Å². The summed E-state index contributed by atoms with van der Waals surface area (Å²) in [4.78, 5) is 6.71. The van der Waals surface area contributed by atoms with Crippen molar-refractivity contribution in [1.29, 1.82) is 0 Å². The van der Waals surface area contributed by atoms with E-state index in [1.165, 1.54) is 11.1 Å². The minimum Gasteiger partial charge on any atom is -0.352 e. The van der Waals surface area contributed by atoms with Crippen LogP contribution < -0.4 is 0 Å². The van der Waals surface area contributed by atoms with Gasteiger partial charge in [0.05, 0.1) is 17.6 Å². The highest BCUT2D eigenvalue weighted by Crippen LogP contribution is 2.43. The number of aliphatic imine (C=N–C) groups is 1. The SMILES string of the molecule is Cc1cc(F)ccc1C1(C)c2cc(CC(C)C)ccc2N=CN1C. The van der Waals surface area contributed by atoms with E-state index < -0.39 is 0 Å². The molecule has 0 aromatic heterocycles. The molecule has 1 aliphatic heterocycles. The Morgan fingerprint density at radius 2 is 1.88 bits per heavy atom. The van der Waals surface area contributed by atoms with Gasteiger partial charge in [0.1, 0.15) is 5.82 Å². The zero-order chi connectivity index (χ0) is 17.5. The van der Waals surface area contributed by atoms with Crippen LogP contribution in [0.25, 0.3) is 0 Å². The first-order chi connectivity index (χ1) is 11.3. The van der Waals surface area contributed by atoms with Crippen molar-refractivity contribution in [2.45, 2.75) is 39.7 Å². The average Bonchev–Trinajstić information content (AvgIpc) is 2.51. The highest BCUT2D eigenvalue weighted by Gasteiger charge is 2.38. The number of nitrogens with zero attached hydrogens (tertiary/aromatic N) is 2. The number of aryl methyl sites for hydroxylation is 1. The second kappa shape index (κ2) is 6.04. The molecule has 3 heteroatoms. The van der Waals surface area contributed by atoms with Gasteiger partial charge in [-0.25, -0.2) is 9.38 Å². The third kappa shape index (κ3) is 2.72. The van der Waals surface area contributed by atoms with E-state index >= 15 is 0 Å². The summed E-state index contributed by atoms with van der Waals surface area (Å²) in [5.74, 6) is 0.410. The zero-order valence-electron chi connectivity index (χ0n) is 15.1. The summed E-state index contributed by atoms with van der Waals surface area (Å²) < 4.78 is 13.6. The molecule has 0 N–H and O–H groups in total. The number of halogens is 1. The van der Waals surface area contributed by atoms with E-state index in [2.05, 4.69) is 48.9 Å². The van der Waals surface area contributed by atoms with Gasteiger partial charge >= 0.3 is 0 Å². The fourth-order valence-corrected chi connectivity index (χ4v) is 3.65. The molecule has 0 saturated carbocycles. The maximum atomic E-state index is 13.6.